The zero-order valence-corrected chi connectivity index (χ0v) is 21.2. The third-order valence-corrected chi connectivity index (χ3v) is 6.76. The molecular formula is C30H25FN6O2. The Kier molecular flexibility index (Phi) is 6.46. The highest BCUT2D eigenvalue weighted by Gasteiger charge is 2.29. The molecule has 194 valence electrons. The lowest BCUT2D eigenvalue weighted by atomic mass is 10.1. The lowest BCUT2D eigenvalue weighted by molar-refractivity contribution is -0.108. The number of pyridine rings is 1. The highest BCUT2D eigenvalue weighted by molar-refractivity contribution is 5.85. The van der Waals surface area contributed by atoms with Gasteiger partial charge in [0.25, 0.3) is 0 Å². The van der Waals surface area contributed by atoms with E-state index in [-0.39, 0.29) is 5.82 Å². The third kappa shape index (κ3) is 4.70. The van der Waals surface area contributed by atoms with Crippen LogP contribution in [0.3, 0.4) is 0 Å². The SMILES string of the molecule is CCn1c(-c2ccc(-n3ccnc3)cc2)cnc1[C@H](Cc1ccccn1)N(C=O)c1cc2cc(F)ccc2o1. The quantitative estimate of drug-likeness (QED) is 0.219. The second-order valence-electron chi connectivity index (χ2n) is 9.08. The van der Waals surface area contributed by atoms with E-state index >= 15 is 0 Å². The van der Waals surface area contributed by atoms with E-state index in [0.717, 1.165) is 29.0 Å². The van der Waals surface area contributed by atoms with E-state index in [1.54, 1.807) is 30.9 Å². The molecule has 8 nitrogen and oxygen atoms in total. The number of furan rings is 1. The monoisotopic (exact) mass is 520 g/mol. The van der Waals surface area contributed by atoms with Gasteiger partial charge in [-0.2, -0.15) is 0 Å². The average Bonchev–Trinajstić information content (AvgIpc) is 3.73. The van der Waals surface area contributed by atoms with E-state index in [1.165, 1.54) is 17.0 Å². The first-order valence-electron chi connectivity index (χ1n) is 12.6. The number of aromatic nitrogens is 5. The summed E-state index contributed by atoms with van der Waals surface area (Å²) in [5, 5.41) is 0.575. The van der Waals surface area contributed by atoms with Gasteiger partial charge in [-0.25, -0.2) is 14.4 Å². The lowest BCUT2D eigenvalue weighted by Gasteiger charge is -2.26. The van der Waals surface area contributed by atoms with Crippen molar-refractivity contribution >= 4 is 23.3 Å². The van der Waals surface area contributed by atoms with Crippen LogP contribution in [0.1, 0.15) is 24.5 Å². The number of amides is 1. The standard InChI is InChI=1S/C30H25FN6O2/c1-2-36-27(21-6-9-25(10-7-21)35-14-13-32-19-35)18-34-30(36)26(17-24-5-3-4-12-33-24)37(20-38)29-16-22-15-23(31)8-11-28(22)39-29/h3-16,18-20,26H,2,17H2,1H3/t26-/m0/s1. The van der Waals surface area contributed by atoms with Gasteiger partial charge in [0.05, 0.1) is 18.2 Å². The Morgan fingerprint density at radius 1 is 1.05 bits per heavy atom. The van der Waals surface area contributed by atoms with Crippen molar-refractivity contribution in [3.05, 3.63) is 115 Å². The Hall–Kier alpha value is -5.05. The maximum absolute atomic E-state index is 13.9. The molecule has 0 aliphatic carbocycles. The van der Waals surface area contributed by atoms with Crippen LogP contribution < -0.4 is 4.90 Å². The van der Waals surface area contributed by atoms with Crippen LogP contribution in [0.5, 0.6) is 0 Å². The number of carbonyl (C=O) groups excluding carboxylic acids is 1. The summed E-state index contributed by atoms with van der Waals surface area (Å²) in [4.78, 5) is 27.5. The second kappa shape index (κ2) is 10.4. The fourth-order valence-corrected chi connectivity index (χ4v) is 4.87. The van der Waals surface area contributed by atoms with Crippen LogP contribution in [-0.4, -0.2) is 30.5 Å². The molecule has 6 aromatic rings. The Morgan fingerprint density at radius 3 is 2.64 bits per heavy atom. The summed E-state index contributed by atoms with van der Waals surface area (Å²) in [6, 6.07) is 19.2. The van der Waals surface area contributed by atoms with Crippen LogP contribution in [0, 0.1) is 5.82 Å². The van der Waals surface area contributed by atoms with E-state index in [4.69, 9.17) is 9.40 Å². The first-order chi connectivity index (χ1) is 19.1. The van der Waals surface area contributed by atoms with Crippen molar-refractivity contribution in [1.82, 2.24) is 24.1 Å². The Bertz CT molecular complexity index is 1710. The predicted molar refractivity (Wildman–Crippen MR) is 146 cm³/mol. The van der Waals surface area contributed by atoms with Gasteiger partial charge in [-0.3, -0.25) is 14.7 Å². The molecule has 0 saturated carbocycles. The van der Waals surface area contributed by atoms with Gasteiger partial charge >= 0.3 is 0 Å². The van der Waals surface area contributed by atoms with Crippen LogP contribution in [0.15, 0.2) is 102 Å². The number of fused-ring (bicyclic) bond motifs is 1. The fourth-order valence-electron chi connectivity index (χ4n) is 4.87. The molecule has 2 aromatic carbocycles. The van der Waals surface area contributed by atoms with Gasteiger partial charge in [0, 0.05) is 54.4 Å². The number of nitrogens with zero attached hydrogens (tertiary/aromatic N) is 6. The molecular weight excluding hydrogens is 495 g/mol. The minimum atomic E-state index is -0.526. The second-order valence-corrected chi connectivity index (χ2v) is 9.08. The van der Waals surface area contributed by atoms with Crippen LogP contribution in [0.4, 0.5) is 10.3 Å². The number of carbonyl (C=O) groups is 1. The minimum Gasteiger partial charge on any atom is -0.440 e. The van der Waals surface area contributed by atoms with Crippen molar-refractivity contribution < 1.29 is 13.6 Å². The molecule has 0 spiro atoms. The molecule has 0 aliphatic heterocycles. The van der Waals surface area contributed by atoms with Crippen molar-refractivity contribution in [3.63, 3.8) is 0 Å². The summed E-state index contributed by atoms with van der Waals surface area (Å²) in [6.45, 7) is 2.67. The summed E-state index contributed by atoms with van der Waals surface area (Å²) >= 11 is 0. The fraction of sp³-hybridized carbons (Fsp3) is 0.133. The van der Waals surface area contributed by atoms with Crippen molar-refractivity contribution in [3.8, 4) is 16.9 Å². The van der Waals surface area contributed by atoms with E-state index in [0.29, 0.717) is 35.6 Å². The van der Waals surface area contributed by atoms with Crippen molar-refractivity contribution in [2.45, 2.75) is 25.9 Å². The van der Waals surface area contributed by atoms with Gasteiger partial charge in [-0.05, 0) is 55.0 Å². The Labute approximate surface area is 224 Å². The highest BCUT2D eigenvalue weighted by Crippen LogP contribution is 2.35. The molecule has 9 heteroatoms. The first-order valence-corrected chi connectivity index (χ1v) is 12.6. The zero-order chi connectivity index (χ0) is 26.8. The Balaban J connectivity index is 1.42. The summed E-state index contributed by atoms with van der Waals surface area (Å²) in [5.41, 5.74) is 4.21. The highest BCUT2D eigenvalue weighted by atomic mass is 19.1. The van der Waals surface area contributed by atoms with E-state index in [2.05, 4.69) is 14.5 Å². The van der Waals surface area contributed by atoms with Crippen LogP contribution >= 0.6 is 0 Å². The number of hydrogen-bond donors (Lipinski definition) is 0. The Morgan fingerprint density at radius 2 is 1.92 bits per heavy atom. The first kappa shape index (κ1) is 24.3. The predicted octanol–water partition coefficient (Wildman–Crippen LogP) is 5.98. The maximum atomic E-state index is 13.9. The van der Waals surface area contributed by atoms with E-state index < -0.39 is 6.04 Å². The molecule has 0 fully saturated rings. The molecule has 0 bridgehead atoms. The number of benzene rings is 2. The maximum Gasteiger partial charge on any atom is 0.217 e. The molecule has 4 aromatic heterocycles. The van der Waals surface area contributed by atoms with Gasteiger partial charge < -0.3 is 13.6 Å². The van der Waals surface area contributed by atoms with E-state index in [1.807, 2.05) is 66.3 Å². The number of hydrogen-bond acceptors (Lipinski definition) is 5. The number of imidazole rings is 2. The van der Waals surface area contributed by atoms with E-state index in [9.17, 15) is 9.18 Å². The van der Waals surface area contributed by atoms with Gasteiger partial charge in [0.15, 0.2) is 0 Å². The molecule has 0 N–H and O–H groups in total. The molecule has 0 unspecified atom stereocenters. The van der Waals surface area contributed by atoms with Gasteiger partial charge in [-0.15, -0.1) is 0 Å². The topological polar surface area (TPSA) is 82.0 Å². The lowest BCUT2D eigenvalue weighted by Crippen LogP contribution is -2.31. The average molecular weight is 521 g/mol. The largest absolute Gasteiger partial charge is 0.440 e. The molecule has 0 saturated heterocycles. The summed E-state index contributed by atoms with van der Waals surface area (Å²) in [7, 11) is 0. The molecule has 4 heterocycles. The van der Waals surface area contributed by atoms with Crippen molar-refractivity contribution in [2.24, 2.45) is 0 Å². The smallest absolute Gasteiger partial charge is 0.217 e. The molecule has 1 atom stereocenters. The summed E-state index contributed by atoms with van der Waals surface area (Å²) < 4.78 is 23.9. The van der Waals surface area contributed by atoms with Gasteiger partial charge in [0.1, 0.15) is 23.3 Å². The molecule has 39 heavy (non-hydrogen) atoms. The van der Waals surface area contributed by atoms with Crippen molar-refractivity contribution in [1.29, 1.82) is 0 Å². The van der Waals surface area contributed by atoms with Crippen molar-refractivity contribution in [2.75, 3.05) is 4.90 Å². The third-order valence-electron chi connectivity index (χ3n) is 6.76. The zero-order valence-electron chi connectivity index (χ0n) is 21.2. The van der Waals surface area contributed by atoms with Crippen LogP contribution in [0.2, 0.25) is 0 Å². The van der Waals surface area contributed by atoms with Crippen LogP contribution in [-0.2, 0) is 17.8 Å². The molecule has 0 radical (unpaired) electrons. The summed E-state index contributed by atoms with van der Waals surface area (Å²) in [5.74, 6) is 0.627. The molecule has 0 aliphatic rings. The van der Waals surface area contributed by atoms with Gasteiger partial charge in [-0.1, -0.05) is 18.2 Å². The molecule has 1 amide bonds. The number of halogens is 1. The number of rotatable bonds is 9. The van der Waals surface area contributed by atoms with Crippen LogP contribution in [0.25, 0.3) is 27.9 Å². The molecule has 6 rings (SSSR count). The van der Waals surface area contributed by atoms with Gasteiger partial charge in [0.2, 0.25) is 12.3 Å². The minimum absolute atomic E-state index is 0.309. The summed E-state index contributed by atoms with van der Waals surface area (Å²) in [6.07, 6.45) is 10.1. The normalized spacial score (nSPS) is 12.1. The number of anilines is 1.